The molecule has 0 radical (unpaired) electrons. The maximum absolute atomic E-state index is 11.8. The predicted molar refractivity (Wildman–Crippen MR) is 86.3 cm³/mol. The van der Waals surface area contributed by atoms with E-state index >= 15 is 0 Å². The molecule has 0 saturated carbocycles. The van der Waals surface area contributed by atoms with Gasteiger partial charge in [-0.1, -0.05) is 18.2 Å². The van der Waals surface area contributed by atoms with E-state index in [9.17, 15) is 4.79 Å². The minimum absolute atomic E-state index is 0.133. The minimum Gasteiger partial charge on any atom is -0.340 e. The number of amides is 1. The lowest BCUT2D eigenvalue weighted by molar-refractivity contribution is -0.132. The third kappa shape index (κ3) is 3.86. The molecule has 0 bridgehead atoms. The average molecular weight is 335 g/mol. The number of carbonyl (C=O) groups is 1. The van der Waals surface area contributed by atoms with Crippen molar-refractivity contribution in [2.75, 3.05) is 32.1 Å². The molecule has 1 amide bonds. The summed E-state index contributed by atoms with van der Waals surface area (Å²) in [5, 5.41) is 12.0. The molecule has 0 spiro atoms. The Hall–Kier alpha value is -1.99. The lowest BCUT2D eigenvalue weighted by Gasteiger charge is -2.34. The molecule has 23 heavy (non-hydrogen) atoms. The molecule has 122 valence electrons. The predicted octanol–water partition coefficient (Wildman–Crippen LogP) is 0.935. The molecule has 2 aromatic rings. The first-order valence-electron chi connectivity index (χ1n) is 7.66. The van der Waals surface area contributed by atoms with Gasteiger partial charge in [-0.05, 0) is 22.6 Å². The molecule has 1 aliphatic rings. The van der Waals surface area contributed by atoms with E-state index in [-0.39, 0.29) is 5.91 Å². The van der Waals surface area contributed by atoms with Gasteiger partial charge in [-0.25, -0.2) is 0 Å². The van der Waals surface area contributed by atoms with Crippen LogP contribution >= 0.6 is 11.6 Å². The van der Waals surface area contributed by atoms with Crippen LogP contribution in [0.4, 0.5) is 0 Å². The maximum atomic E-state index is 11.8. The molecule has 0 unspecified atom stereocenters. The summed E-state index contributed by atoms with van der Waals surface area (Å²) < 4.78 is 1.75. The zero-order chi connectivity index (χ0) is 16.1. The Bertz CT molecular complexity index is 638. The third-order valence-electron chi connectivity index (χ3n) is 3.93. The standard InChI is InChI=1S/C15H19ClN6O/c16-7-6-15(23)21-10-8-20(9-11-21)12-14-17-18-19-22(14)13-4-2-1-3-5-13/h1-5H,6-12H2. The number of halogens is 1. The Morgan fingerprint density at radius 2 is 1.87 bits per heavy atom. The van der Waals surface area contributed by atoms with E-state index in [0.29, 0.717) is 18.8 Å². The number of carbonyl (C=O) groups excluding carboxylic acids is 1. The zero-order valence-electron chi connectivity index (χ0n) is 12.8. The van der Waals surface area contributed by atoms with Crippen molar-refractivity contribution in [2.24, 2.45) is 0 Å². The first-order chi connectivity index (χ1) is 11.3. The van der Waals surface area contributed by atoms with Crippen LogP contribution in [0, 0.1) is 0 Å². The van der Waals surface area contributed by atoms with Crippen molar-refractivity contribution in [2.45, 2.75) is 13.0 Å². The number of hydrogen-bond acceptors (Lipinski definition) is 5. The lowest BCUT2D eigenvalue weighted by Crippen LogP contribution is -2.48. The van der Waals surface area contributed by atoms with Crippen LogP contribution in [0.2, 0.25) is 0 Å². The van der Waals surface area contributed by atoms with Crippen molar-refractivity contribution in [3.8, 4) is 5.69 Å². The van der Waals surface area contributed by atoms with Crippen LogP contribution < -0.4 is 0 Å². The SMILES string of the molecule is O=C(CCCl)N1CCN(Cc2nnnn2-c2ccccc2)CC1. The Balaban J connectivity index is 1.60. The van der Waals surface area contributed by atoms with E-state index in [0.717, 1.165) is 37.7 Å². The summed E-state index contributed by atoms with van der Waals surface area (Å²) in [5.74, 6) is 1.32. The summed E-state index contributed by atoms with van der Waals surface area (Å²) in [4.78, 5) is 16.0. The van der Waals surface area contributed by atoms with Gasteiger partial charge in [-0.3, -0.25) is 9.69 Å². The molecule has 0 N–H and O–H groups in total. The van der Waals surface area contributed by atoms with Crippen LogP contribution in [-0.4, -0.2) is 68.0 Å². The highest BCUT2D eigenvalue weighted by molar-refractivity contribution is 6.18. The zero-order valence-corrected chi connectivity index (χ0v) is 13.6. The highest BCUT2D eigenvalue weighted by Crippen LogP contribution is 2.11. The van der Waals surface area contributed by atoms with Gasteiger partial charge in [-0.15, -0.1) is 16.7 Å². The number of hydrogen-bond donors (Lipinski definition) is 0. The van der Waals surface area contributed by atoms with Crippen LogP contribution in [0.3, 0.4) is 0 Å². The van der Waals surface area contributed by atoms with Gasteiger partial charge in [-0.2, -0.15) is 4.68 Å². The van der Waals surface area contributed by atoms with E-state index in [1.54, 1.807) is 4.68 Å². The van der Waals surface area contributed by atoms with E-state index < -0.39 is 0 Å². The lowest BCUT2D eigenvalue weighted by atomic mass is 10.2. The van der Waals surface area contributed by atoms with E-state index in [1.165, 1.54) is 0 Å². The number of nitrogens with zero attached hydrogens (tertiary/aromatic N) is 6. The summed E-state index contributed by atoms with van der Waals surface area (Å²) in [6.45, 7) is 3.75. The number of aromatic nitrogens is 4. The van der Waals surface area contributed by atoms with E-state index in [4.69, 9.17) is 11.6 Å². The smallest absolute Gasteiger partial charge is 0.223 e. The number of alkyl halides is 1. The molecule has 1 fully saturated rings. The van der Waals surface area contributed by atoms with Gasteiger partial charge in [0.25, 0.3) is 0 Å². The number of benzene rings is 1. The molecule has 0 atom stereocenters. The first kappa shape index (κ1) is 15.9. The minimum atomic E-state index is 0.133. The summed E-state index contributed by atoms with van der Waals surface area (Å²) in [5.41, 5.74) is 0.948. The van der Waals surface area contributed by atoms with Gasteiger partial charge >= 0.3 is 0 Å². The van der Waals surface area contributed by atoms with Crippen molar-refractivity contribution in [3.05, 3.63) is 36.2 Å². The molecule has 3 rings (SSSR count). The largest absolute Gasteiger partial charge is 0.340 e. The Morgan fingerprint density at radius 1 is 1.13 bits per heavy atom. The van der Waals surface area contributed by atoms with Gasteiger partial charge < -0.3 is 4.90 Å². The van der Waals surface area contributed by atoms with Crippen LogP contribution in [0.25, 0.3) is 5.69 Å². The van der Waals surface area contributed by atoms with Crippen LogP contribution in [0.5, 0.6) is 0 Å². The molecule has 1 aromatic heterocycles. The normalized spacial score (nSPS) is 15.8. The molecular formula is C15H19ClN6O. The fourth-order valence-electron chi connectivity index (χ4n) is 2.67. The molecule has 1 aromatic carbocycles. The molecular weight excluding hydrogens is 316 g/mol. The topological polar surface area (TPSA) is 67.2 Å². The van der Waals surface area contributed by atoms with E-state index in [2.05, 4.69) is 20.4 Å². The summed E-state index contributed by atoms with van der Waals surface area (Å²) in [6, 6.07) is 9.83. The van der Waals surface area contributed by atoms with Crippen LogP contribution in [-0.2, 0) is 11.3 Å². The number of tetrazole rings is 1. The van der Waals surface area contributed by atoms with Crippen molar-refractivity contribution < 1.29 is 4.79 Å². The van der Waals surface area contributed by atoms with Gasteiger partial charge in [0.2, 0.25) is 5.91 Å². The Labute approximate surface area is 139 Å². The van der Waals surface area contributed by atoms with Crippen LogP contribution in [0.15, 0.2) is 30.3 Å². The van der Waals surface area contributed by atoms with Crippen molar-refractivity contribution in [1.82, 2.24) is 30.0 Å². The summed E-state index contributed by atoms with van der Waals surface area (Å²) >= 11 is 5.63. The quantitative estimate of drug-likeness (QED) is 0.761. The van der Waals surface area contributed by atoms with Crippen LogP contribution in [0.1, 0.15) is 12.2 Å². The first-order valence-corrected chi connectivity index (χ1v) is 8.20. The van der Waals surface area contributed by atoms with Crippen molar-refractivity contribution in [3.63, 3.8) is 0 Å². The second-order valence-corrected chi connectivity index (χ2v) is 5.82. The molecule has 7 nitrogen and oxygen atoms in total. The fourth-order valence-corrected chi connectivity index (χ4v) is 2.83. The number of para-hydroxylation sites is 1. The van der Waals surface area contributed by atoms with Crippen molar-refractivity contribution in [1.29, 1.82) is 0 Å². The number of rotatable bonds is 5. The molecule has 2 heterocycles. The molecule has 0 aliphatic carbocycles. The summed E-state index contributed by atoms with van der Waals surface area (Å²) in [7, 11) is 0. The van der Waals surface area contributed by atoms with Gasteiger partial charge in [0.1, 0.15) is 0 Å². The molecule has 1 aliphatic heterocycles. The number of piperazine rings is 1. The average Bonchev–Trinajstić information content (AvgIpc) is 3.05. The maximum Gasteiger partial charge on any atom is 0.223 e. The Kier molecular flexibility index (Phi) is 5.19. The third-order valence-corrected chi connectivity index (χ3v) is 4.12. The van der Waals surface area contributed by atoms with E-state index in [1.807, 2.05) is 35.2 Å². The highest BCUT2D eigenvalue weighted by atomic mass is 35.5. The van der Waals surface area contributed by atoms with Gasteiger partial charge in [0.05, 0.1) is 12.2 Å². The van der Waals surface area contributed by atoms with Gasteiger partial charge in [0.15, 0.2) is 5.82 Å². The summed E-state index contributed by atoms with van der Waals surface area (Å²) in [6.07, 6.45) is 0.411. The highest BCUT2D eigenvalue weighted by Gasteiger charge is 2.22. The second-order valence-electron chi connectivity index (χ2n) is 5.44. The molecule has 1 saturated heterocycles. The molecule has 8 heteroatoms. The monoisotopic (exact) mass is 334 g/mol. The fraction of sp³-hybridized carbons (Fsp3) is 0.467. The van der Waals surface area contributed by atoms with Crippen molar-refractivity contribution >= 4 is 17.5 Å². The Morgan fingerprint density at radius 3 is 2.57 bits per heavy atom. The second kappa shape index (κ2) is 7.52. The van der Waals surface area contributed by atoms with Gasteiger partial charge in [0, 0.05) is 38.5 Å².